The normalized spacial score (nSPS) is 14.4. The summed E-state index contributed by atoms with van der Waals surface area (Å²) in [6.07, 6.45) is 2.58. The molecule has 0 saturated heterocycles. The highest BCUT2D eigenvalue weighted by atomic mass is 35.5. The quantitative estimate of drug-likeness (QED) is 0.260. The van der Waals surface area contributed by atoms with Crippen molar-refractivity contribution in [3.63, 3.8) is 0 Å². The highest BCUT2D eigenvalue weighted by Gasteiger charge is 2.24. The molecule has 3 aromatic carbocycles. The molecule has 1 aliphatic heterocycles. The van der Waals surface area contributed by atoms with Crippen molar-refractivity contribution in [2.24, 2.45) is 0 Å². The molecular weight excluding hydrogens is 458 g/mol. The predicted octanol–water partition coefficient (Wildman–Crippen LogP) is 7.00. The molecule has 0 saturated carbocycles. The molecule has 0 radical (unpaired) electrons. The highest BCUT2D eigenvalue weighted by molar-refractivity contribution is 6.30. The van der Waals surface area contributed by atoms with Gasteiger partial charge in [0.25, 0.3) is 0 Å². The first-order chi connectivity index (χ1) is 17.1. The Morgan fingerprint density at radius 3 is 2.26 bits per heavy atom. The zero-order valence-corrected chi connectivity index (χ0v) is 20.9. The van der Waals surface area contributed by atoms with Gasteiger partial charge in [0.2, 0.25) is 0 Å². The lowest BCUT2D eigenvalue weighted by atomic mass is 9.93. The van der Waals surface area contributed by atoms with Crippen LogP contribution in [0.2, 0.25) is 0 Å². The minimum atomic E-state index is 0.409. The summed E-state index contributed by atoms with van der Waals surface area (Å²) < 4.78 is 18.2. The third-order valence-corrected chi connectivity index (χ3v) is 5.99. The van der Waals surface area contributed by atoms with Crippen molar-refractivity contribution in [3.05, 3.63) is 124 Å². The molecule has 3 aromatic rings. The summed E-state index contributed by atoms with van der Waals surface area (Å²) in [5.74, 6) is 2.18. The van der Waals surface area contributed by atoms with Crippen LogP contribution in [0.15, 0.2) is 102 Å². The zero-order valence-electron chi connectivity index (χ0n) is 20.1. The summed E-state index contributed by atoms with van der Waals surface area (Å²) in [6, 6.07) is 24.2. The summed E-state index contributed by atoms with van der Waals surface area (Å²) in [6.45, 7) is 7.55. The van der Waals surface area contributed by atoms with Crippen molar-refractivity contribution in [2.45, 2.75) is 26.6 Å². The van der Waals surface area contributed by atoms with Gasteiger partial charge in [0.15, 0.2) is 11.5 Å². The van der Waals surface area contributed by atoms with Crippen molar-refractivity contribution in [1.82, 2.24) is 5.32 Å². The Labute approximate surface area is 212 Å². The van der Waals surface area contributed by atoms with Crippen LogP contribution in [0.4, 0.5) is 0 Å². The van der Waals surface area contributed by atoms with Gasteiger partial charge in [-0.1, -0.05) is 78.8 Å². The molecular formula is C30H30ClNO3. The van der Waals surface area contributed by atoms with Crippen LogP contribution < -0.4 is 14.8 Å². The van der Waals surface area contributed by atoms with Crippen LogP contribution in [0, 0.1) is 0 Å². The monoisotopic (exact) mass is 487 g/mol. The smallest absolute Gasteiger partial charge is 0.164 e. The lowest BCUT2D eigenvalue weighted by molar-refractivity contribution is 0.206. The standard InChI is InChI=1S/C30H30ClNO3/c1-21(31)18-28(35-20-24-12-8-5-9-13-24)22(2)29-25-14-15-27(30(33-3)26(25)16-17-32-29)34-19-23-10-6-4-7-11-23/h4-15,18,32H,1,16-17,19-20H2,2-3H3/b28-18+,29-22-. The Kier molecular flexibility index (Phi) is 8.17. The number of hydrogen-bond acceptors (Lipinski definition) is 4. The van der Waals surface area contributed by atoms with Gasteiger partial charge in [0.05, 0.1) is 7.11 Å². The molecule has 0 aromatic heterocycles. The van der Waals surface area contributed by atoms with Crippen LogP contribution in [0.1, 0.15) is 29.2 Å². The molecule has 1 N–H and O–H groups in total. The van der Waals surface area contributed by atoms with Gasteiger partial charge in [-0.3, -0.25) is 0 Å². The van der Waals surface area contributed by atoms with Crippen molar-refractivity contribution in [2.75, 3.05) is 13.7 Å². The Bertz CT molecular complexity index is 1230. The van der Waals surface area contributed by atoms with Gasteiger partial charge in [0.1, 0.15) is 19.0 Å². The van der Waals surface area contributed by atoms with Crippen LogP contribution in [-0.4, -0.2) is 13.7 Å². The summed E-state index contributed by atoms with van der Waals surface area (Å²) in [5, 5.41) is 3.95. The maximum Gasteiger partial charge on any atom is 0.164 e. The topological polar surface area (TPSA) is 39.7 Å². The zero-order chi connectivity index (χ0) is 24.6. The summed E-state index contributed by atoms with van der Waals surface area (Å²) in [4.78, 5) is 0. The van der Waals surface area contributed by atoms with Gasteiger partial charge in [-0.05, 0) is 42.7 Å². The first-order valence-corrected chi connectivity index (χ1v) is 12.0. The van der Waals surface area contributed by atoms with Crippen LogP contribution in [0.5, 0.6) is 11.5 Å². The summed E-state index contributed by atoms with van der Waals surface area (Å²) in [5.41, 5.74) is 6.29. The number of benzene rings is 3. The SMILES string of the molecule is C=C(Cl)/C=C(OCc1ccccc1)\C(C)=C1/NCCc2c1ccc(OCc1ccccc1)c2OC. The van der Waals surface area contributed by atoms with Gasteiger partial charge in [-0.25, -0.2) is 0 Å². The molecule has 4 nitrogen and oxygen atoms in total. The second kappa shape index (κ2) is 11.7. The fourth-order valence-corrected chi connectivity index (χ4v) is 4.26. The molecule has 5 heteroatoms. The number of halogens is 1. The molecule has 0 spiro atoms. The fraction of sp³-hybridized carbons (Fsp3) is 0.200. The molecule has 0 amide bonds. The minimum Gasteiger partial charge on any atom is -0.493 e. The van der Waals surface area contributed by atoms with E-state index in [0.29, 0.717) is 24.0 Å². The second-order valence-electron chi connectivity index (χ2n) is 8.30. The number of ether oxygens (including phenoxy) is 3. The van der Waals surface area contributed by atoms with E-state index >= 15 is 0 Å². The number of methoxy groups -OCH3 is 1. The van der Waals surface area contributed by atoms with Gasteiger partial charge in [-0.15, -0.1) is 0 Å². The first-order valence-electron chi connectivity index (χ1n) is 11.6. The van der Waals surface area contributed by atoms with E-state index in [9.17, 15) is 0 Å². The Balaban J connectivity index is 1.65. The summed E-state index contributed by atoms with van der Waals surface area (Å²) in [7, 11) is 1.69. The van der Waals surface area contributed by atoms with Crippen molar-refractivity contribution >= 4 is 17.3 Å². The average Bonchev–Trinajstić information content (AvgIpc) is 2.89. The molecule has 0 atom stereocenters. The van der Waals surface area contributed by atoms with Crippen LogP contribution in [0.25, 0.3) is 5.70 Å². The van der Waals surface area contributed by atoms with Crippen molar-refractivity contribution in [1.29, 1.82) is 0 Å². The van der Waals surface area contributed by atoms with E-state index in [-0.39, 0.29) is 0 Å². The maximum absolute atomic E-state index is 6.20. The predicted molar refractivity (Wildman–Crippen MR) is 142 cm³/mol. The van der Waals surface area contributed by atoms with E-state index in [1.165, 1.54) is 0 Å². The molecule has 35 heavy (non-hydrogen) atoms. The molecule has 1 aliphatic rings. The van der Waals surface area contributed by atoms with E-state index in [1.54, 1.807) is 13.2 Å². The van der Waals surface area contributed by atoms with Crippen molar-refractivity contribution < 1.29 is 14.2 Å². The van der Waals surface area contributed by atoms with Gasteiger partial charge >= 0.3 is 0 Å². The van der Waals surface area contributed by atoms with Gasteiger partial charge in [0, 0.05) is 34.0 Å². The van der Waals surface area contributed by atoms with Crippen LogP contribution >= 0.6 is 11.6 Å². The highest BCUT2D eigenvalue weighted by Crippen LogP contribution is 2.40. The average molecular weight is 488 g/mol. The molecule has 0 bridgehead atoms. The van der Waals surface area contributed by atoms with E-state index in [0.717, 1.165) is 58.0 Å². The molecule has 0 fully saturated rings. The van der Waals surface area contributed by atoms with Crippen LogP contribution in [-0.2, 0) is 24.4 Å². The number of nitrogens with one attached hydrogen (secondary N) is 1. The minimum absolute atomic E-state index is 0.409. The molecule has 4 rings (SSSR count). The largest absolute Gasteiger partial charge is 0.493 e. The lowest BCUT2D eigenvalue weighted by Gasteiger charge is -2.27. The lowest BCUT2D eigenvalue weighted by Crippen LogP contribution is -2.25. The van der Waals surface area contributed by atoms with Gasteiger partial charge < -0.3 is 19.5 Å². The summed E-state index contributed by atoms with van der Waals surface area (Å²) >= 11 is 6.16. The van der Waals surface area contributed by atoms with Crippen LogP contribution in [0.3, 0.4) is 0 Å². The number of hydrogen-bond donors (Lipinski definition) is 1. The van der Waals surface area contributed by atoms with E-state index in [4.69, 9.17) is 25.8 Å². The van der Waals surface area contributed by atoms with E-state index in [1.807, 2.05) is 73.7 Å². The third kappa shape index (κ3) is 6.09. The fourth-order valence-electron chi connectivity index (χ4n) is 4.16. The Hall–Kier alpha value is -3.63. The molecule has 1 heterocycles. The molecule has 0 unspecified atom stereocenters. The van der Waals surface area contributed by atoms with Crippen molar-refractivity contribution in [3.8, 4) is 11.5 Å². The molecule has 0 aliphatic carbocycles. The number of rotatable bonds is 9. The molecule has 180 valence electrons. The second-order valence-corrected chi connectivity index (χ2v) is 8.79. The van der Waals surface area contributed by atoms with E-state index in [2.05, 4.69) is 18.0 Å². The third-order valence-electron chi connectivity index (χ3n) is 5.88. The number of fused-ring (bicyclic) bond motifs is 1. The maximum atomic E-state index is 6.20. The Morgan fingerprint density at radius 1 is 0.971 bits per heavy atom. The first kappa shape index (κ1) is 24.5. The number of allylic oxidation sites excluding steroid dienone is 3. The Morgan fingerprint density at radius 2 is 1.63 bits per heavy atom. The van der Waals surface area contributed by atoms with Gasteiger partial charge in [-0.2, -0.15) is 0 Å². The van der Waals surface area contributed by atoms with E-state index < -0.39 is 0 Å².